The number of anilines is 1. The lowest BCUT2D eigenvalue weighted by Crippen LogP contribution is -2.49. The maximum absolute atomic E-state index is 13.0. The van der Waals surface area contributed by atoms with Crippen LogP contribution in [0.1, 0.15) is 28.8 Å². The van der Waals surface area contributed by atoms with E-state index in [0.29, 0.717) is 13.0 Å². The molecular weight excluding hydrogens is 494 g/mol. The lowest BCUT2D eigenvalue weighted by Gasteiger charge is -2.34. The molecule has 0 aliphatic carbocycles. The van der Waals surface area contributed by atoms with Gasteiger partial charge in [0.2, 0.25) is 5.91 Å². The molecule has 5 rings (SSSR count). The quantitative estimate of drug-likeness (QED) is 0.499. The van der Waals surface area contributed by atoms with Crippen LogP contribution in [-0.2, 0) is 16.1 Å². The largest absolute Gasteiger partial charge is 0.492 e. The maximum atomic E-state index is 13.0. The Morgan fingerprint density at radius 1 is 1.05 bits per heavy atom. The molecule has 9 heteroatoms. The first-order chi connectivity index (χ1) is 19.0. The smallest absolute Gasteiger partial charge is 0.253 e. The molecule has 39 heavy (non-hydrogen) atoms. The lowest BCUT2D eigenvalue weighted by molar-refractivity contribution is -0.119. The molecule has 3 heterocycles. The highest BCUT2D eigenvalue weighted by Crippen LogP contribution is 2.19. The summed E-state index contributed by atoms with van der Waals surface area (Å²) in [5.41, 5.74) is 3.10. The van der Waals surface area contributed by atoms with Gasteiger partial charge in [-0.15, -0.1) is 0 Å². The molecule has 0 bridgehead atoms. The maximum Gasteiger partial charge on any atom is 0.253 e. The van der Waals surface area contributed by atoms with Crippen LogP contribution in [0, 0.1) is 0 Å². The number of morpholine rings is 1. The number of ether oxygens (including phenoxy) is 2. The highest BCUT2D eigenvalue weighted by Gasteiger charge is 2.23. The van der Waals surface area contributed by atoms with Crippen molar-refractivity contribution in [1.82, 2.24) is 20.0 Å². The molecule has 0 radical (unpaired) electrons. The average Bonchev–Trinajstić information content (AvgIpc) is 3.38. The summed E-state index contributed by atoms with van der Waals surface area (Å²) in [7, 11) is 2.09. The summed E-state index contributed by atoms with van der Waals surface area (Å²) in [5.74, 6) is 1.15. The summed E-state index contributed by atoms with van der Waals surface area (Å²) < 4.78 is 11.5. The molecular formula is C30H41N5O4. The summed E-state index contributed by atoms with van der Waals surface area (Å²) in [6, 6.07) is 16.5. The van der Waals surface area contributed by atoms with Crippen LogP contribution < -0.4 is 15.0 Å². The highest BCUT2D eigenvalue weighted by molar-refractivity contribution is 5.94. The minimum Gasteiger partial charge on any atom is -0.492 e. The van der Waals surface area contributed by atoms with Crippen molar-refractivity contribution in [2.24, 2.45) is 0 Å². The third-order valence-electron chi connectivity index (χ3n) is 7.79. The molecule has 1 N–H and O–H groups in total. The van der Waals surface area contributed by atoms with E-state index in [-0.39, 0.29) is 17.9 Å². The molecule has 210 valence electrons. The van der Waals surface area contributed by atoms with Crippen molar-refractivity contribution < 1.29 is 19.1 Å². The van der Waals surface area contributed by atoms with E-state index in [0.717, 1.165) is 95.5 Å². The number of carbonyl (C=O) groups excluding carboxylic acids is 2. The summed E-state index contributed by atoms with van der Waals surface area (Å²) in [6.45, 7) is 9.57. The summed E-state index contributed by atoms with van der Waals surface area (Å²) in [5, 5.41) is 3.03. The zero-order valence-corrected chi connectivity index (χ0v) is 23.0. The van der Waals surface area contributed by atoms with Gasteiger partial charge in [0, 0.05) is 82.6 Å². The van der Waals surface area contributed by atoms with Gasteiger partial charge in [-0.2, -0.15) is 0 Å². The van der Waals surface area contributed by atoms with Crippen molar-refractivity contribution in [2.75, 3.05) is 84.1 Å². The first kappa shape index (κ1) is 27.4. The molecule has 9 nitrogen and oxygen atoms in total. The number of piperazine rings is 1. The fourth-order valence-corrected chi connectivity index (χ4v) is 5.59. The van der Waals surface area contributed by atoms with E-state index >= 15 is 0 Å². The van der Waals surface area contributed by atoms with Crippen LogP contribution in [0.4, 0.5) is 5.69 Å². The van der Waals surface area contributed by atoms with E-state index in [1.807, 2.05) is 41.3 Å². The van der Waals surface area contributed by atoms with E-state index in [2.05, 4.69) is 39.2 Å². The molecule has 2 amide bonds. The second-order valence-corrected chi connectivity index (χ2v) is 10.8. The summed E-state index contributed by atoms with van der Waals surface area (Å²) in [6.07, 6.45) is 1.55. The Kier molecular flexibility index (Phi) is 9.34. The normalized spacial score (nSPS) is 20.4. The van der Waals surface area contributed by atoms with Crippen LogP contribution >= 0.6 is 0 Å². The first-order valence-corrected chi connectivity index (χ1v) is 14.2. The number of hydrogen-bond donors (Lipinski definition) is 1. The number of carbonyl (C=O) groups is 2. The number of likely N-dealkylation sites (N-methyl/N-ethyl adjacent to an activating group) is 1. The number of nitrogens with one attached hydrogen (secondary N) is 1. The molecule has 0 aromatic heterocycles. The predicted octanol–water partition coefficient (Wildman–Crippen LogP) is 2.07. The second-order valence-electron chi connectivity index (χ2n) is 10.8. The molecule has 3 aliphatic heterocycles. The van der Waals surface area contributed by atoms with Gasteiger partial charge in [-0.1, -0.05) is 12.1 Å². The standard InChI is InChI=1S/C30H41N5O4/c1-32(23-26-7-10-29(36)31-26)22-24-3-2-4-28(21-24)39-20-15-33-11-13-35(14-12-33)30(37)25-5-8-27(9-6-25)34-16-18-38-19-17-34/h2-6,8-9,21,26H,7,10-20,22-23H2,1H3,(H,31,36)/t26-/m0/s1. The van der Waals surface area contributed by atoms with Gasteiger partial charge >= 0.3 is 0 Å². The van der Waals surface area contributed by atoms with Crippen molar-refractivity contribution in [3.8, 4) is 5.75 Å². The molecule has 1 atom stereocenters. The minimum atomic E-state index is 0.108. The molecule has 0 saturated carbocycles. The molecule has 2 aromatic rings. The fourth-order valence-electron chi connectivity index (χ4n) is 5.59. The predicted molar refractivity (Wildman–Crippen MR) is 151 cm³/mol. The second kappa shape index (κ2) is 13.3. The van der Waals surface area contributed by atoms with Crippen molar-refractivity contribution in [1.29, 1.82) is 0 Å². The van der Waals surface area contributed by atoms with E-state index in [1.54, 1.807) is 0 Å². The van der Waals surface area contributed by atoms with E-state index in [9.17, 15) is 9.59 Å². The molecule has 0 spiro atoms. The number of nitrogens with zero attached hydrogens (tertiary/aromatic N) is 4. The lowest BCUT2D eigenvalue weighted by atomic mass is 10.1. The van der Waals surface area contributed by atoms with Crippen LogP contribution in [0.3, 0.4) is 0 Å². The third kappa shape index (κ3) is 7.71. The van der Waals surface area contributed by atoms with Gasteiger partial charge in [-0.25, -0.2) is 0 Å². The number of amides is 2. The van der Waals surface area contributed by atoms with E-state index in [4.69, 9.17) is 9.47 Å². The van der Waals surface area contributed by atoms with E-state index < -0.39 is 0 Å². The van der Waals surface area contributed by atoms with E-state index in [1.165, 1.54) is 5.56 Å². The van der Waals surface area contributed by atoms with Gasteiger partial charge in [0.15, 0.2) is 0 Å². The molecule has 3 saturated heterocycles. The molecule has 3 aliphatic rings. The van der Waals surface area contributed by atoms with Crippen molar-refractivity contribution in [2.45, 2.75) is 25.4 Å². The van der Waals surface area contributed by atoms with Crippen molar-refractivity contribution in [3.63, 3.8) is 0 Å². The monoisotopic (exact) mass is 535 g/mol. The van der Waals surface area contributed by atoms with Crippen LogP contribution in [0.25, 0.3) is 0 Å². The summed E-state index contributed by atoms with van der Waals surface area (Å²) >= 11 is 0. The van der Waals surface area contributed by atoms with Gasteiger partial charge < -0.3 is 29.5 Å². The fraction of sp³-hybridized carbons (Fsp3) is 0.533. The Bertz CT molecular complexity index is 1100. The Labute approximate surface area is 231 Å². The van der Waals surface area contributed by atoms with Crippen LogP contribution in [0.2, 0.25) is 0 Å². The number of hydrogen-bond acceptors (Lipinski definition) is 7. The van der Waals surface area contributed by atoms with Crippen molar-refractivity contribution in [3.05, 3.63) is 59.7 Å². The zero-order valence-electron chi connectivity index (χ0n) is 23.0. The SMILES string of the molecule is CN(Cc1cccc(OCCN2CCN(C(=O)c3ccc(N4CCOCC4)cc3)CC2)c1)C[C@@H]1CCC(=O)N1. The Hall–Kier alpha value is -3.14. The van der Waals surface area contributed by atoms with Crippen LogP contribution in [0.15, 0.2) is 48.5 Å². The minimum absolute atomic E-state index is 0.108. The van der Waals surface area contributed by atoms with Gasteiger partial charge in [0.05, 0.1) is 13.2 Å². The number of benzene rings is 2. The highest BCUT2D eigenvalue weighted by atomic mass is 16.5. The Morgan fingerprint density at radius 2 is 1.82 bits per heavy atom. The molecule has 3 fully saturated rings. The van der Waals surface area contributed by atoms with Gasteiger partial charge in [0.1, 0.15) is 12.4 Å². The van der Waals surface area contributed by atoms with Gasteiger partial charge in [0.25, 0.3) is 5.91 Å². The topological polar surface area (TPSA) is 77.6 Å². The van der Waals surface area contributed by atoms with Crippen molar-refractivity contribution >= 4 is 17.5 Å². The molecule has 2 aromatic carbocycles. The van der Waals surface area contributed by atoms with Gasteiger partial charge in [-0.3, -0.25) is 14.5 Å². The first-order valence-electron chi connectivity index (χ1n) is 14.2. The Balaban J connectivity index is 1.01. The summed E-state index contributed by atoms with van der Waals surface area (Å²) in [4.78, 5) is 33.3. The zero-order chi connectivity index (χ0) is 27.0. The third-order valence-corrected chi connectivity index (χ3v) is 7.79. The molecule has 0 unspecified atom stereocenters. The van der Waals surface area contributed by atoms with Gasteiger partial charge in [-0.05, 0) is 55.4 Å². The van der Waals surface area contributed by atoms with Crippen LogP contribution in [0.5, 0.6) is 5.75 Å². The van der Waals surface area contributed by atoms with Crippen LogP contribution in [-0.4, -0.2) is 112 Å². The average molecular weight is 536 g/mol. The number of rotatable bonds is 10. The Morgan fingerprint density at radius 3 is 2.54 bits per heavy atom.